The van der Waals surface area contributed by atoms with Gasteiger partial charge in [-0.05, 0) is 24.6 Å². The molecule has 0 spiro atoms. The van der Waals surface area contributed by atoms with Gasteiger partial charge in [-0.25, -0.2) is 4.39 Å². The molecule has 0 aliphatic heterocycles. The van der Waals surface area contributed by atoms with E-state index in [1.807, 2.05) is 0 Å². The van der Waals surface area contributed by atoms with Gasteiger partial charge in [0.25, 0.3) is 0 Å². The van der Waals surface area contributed by atoms with Crippen LogP contribution in [0.2, 0.25) is 0 Å². The van der Waals surface area contributed by atoms with Crippen LogP contribution in [0.15, 0.2) is 30.9 Å². The predicted octanol–water partition coefficient (Wildman–Crippen LogP) is 2.98. The molecule has 0 fully saturated rings. The number of allylic oxidation sites excluding steroid dienone is 1. The van der Waals surface area contributed by atoms with Gasteiger partial charge in [-0.1, -0.05) is 6.08 Å². The van der Waals surface area contributed by atoms with Crippen molar-refractivity contribution < 1.29 is 13.9 Å². The average molecular weight is 208 g/mol. The van der Waals surface area contributed by atoms with Crippen molar-refractivity contribution in [3.05, 3.63) is 42.2 Å². The lowest BCUT2D eigenvalue weighted by Gasteiger charge is -2.04. The lowest BCUT2D eigenvalue weighted by atomic mass is 10.1. The number of ketones is 1. The molecule has 0 aromatic heterocycles. The molecule has 0 amide bonds. The molecule has 2 nitrogen and oxygen atoms in total. The van der Waals surface area contributed by atoms with Gasteiger partial charge in [-0.15, -0.1) is 6.58 Å². The highest BCUT2D eigenvalue weighted by Crippen LogP contribution is 2.19. The van der Waals surface area contributed by atoms with Crippen LogP contribution in [0, 0.1) is 5.82 Å². The zero-order valence-electron chi connectivity index (χ0n) is 8.63. The molecular weight excluding hydrogens is 195 g/mol. The first kappa shape index (κ1) is 11.4. The minimum atomic E-state index is -0.460. The number of halogens is 1. The lowest BCUT2D eigenvalue weighted by Crippen LogP contribution is -1.99. The Bertz CT molecular complexity index is 372. The third kappa shape index (κ3) is 2.91. The Morgan fingerprint density at radius 3 is 2.93 bits per heavy atom. The number of ether oxygens (including phenoxy) is 1. The molecule has 0 saturated carbocycles. The van der Waals surface area contributed by atoms with Crippen LogP contribution in [0.3, 0.4) is 0 Å². The van der Waals surface area contributed by atoms with Gasteiger partial charge in [0.15, 0.2) is 17.3 Å². The minimum Gasteiger partial charge on any atom is -0.494 e. The van der Waals surface area contributed by atoms with E-state index in [4.69, 9.17) is 4.74 Å². The van der Waals surface area contributed by atoms with E-state index < -0.39 is 5.82 Å². The number of rotatable bonds is 5. The normalized spacial score (nSPS) is 9.73. The Hall–Kier alpha value is -1.64. The van der Waals surface area contributed by atoms with E-state index in [0.717, 1.165) is 0 Å². The Kier molecular flexibility index (Phi) is 4.03. The van der Waals surface area contributed by atoms with E-state index >= 15 is 0 Å². The second-order valence-electron chi connectivity index (χ2n) is 3.10. The smallest absolute Gasteiger partial charge is 0.165 e. The van der Waals surface area contributed by atoms with E-state index in [9.17, 15) is 9.18 Å². The van der Waals surface area contributed by atoms with Crippen LogP contribution < -0.4 is 4.74 Å². The number of hydrogen-bond acceptors (Lipinski definition) is 2. The number of hydrogen-bond donors (Lipinski definition) is 0. The molecule has 0 aliphatic rings. The molecule has 0 heterocycles. The first-order chi connectivity index (χ1) is 7.19. The molecular formula is C12H13FO2. The molecule has 0 radical (unpaired) electrons. The Labute approximate surface area is 88.4 Å². The summed E-state index contributed by atoms with van der Waals surface area (Å²) >= 11 is 0. The maximum Gasteiger partial charge on any atom is 0.165 e. The van der Waals surface area contributed by atoms with Gasteiger partial charge in [-0.2, -0.15) is 0 Å². The fourth-order valence-corrected chi connectivity index (χ4v) is 1.21. The molecule has 15 heavy (non-hydrogen) atoms. The highest BCUT2D eigenvalue weighted by atomic mass is 19.1. The van der Waals surface area contributed by atoms with Crippen molar-refractivity contribution in [3.8, 4) is 5.75 Å². The molecule has 0 atom stereocenters. The van der Waals surface area contributed by atoms with Gasteiger partial charge in [0, 0.05) is 12.0 Å². The molecule has 1 aromatic rings. The van der Waals surface area contributed by atoms with Crippen LogP contribution in [-0.4, -0.2) is 12.9 Å². The maximum atomic E-state index is 13.0. The number of carbonyl (C=O) groups excluding carboxylic acids is 1. The zero-order valence-corrected chi connectivity index (χ0v) is 8.63. The molecule has 80 valence electrons. The molecule has 1 rings (SSSR count). The highest BCUT2D eigenvalue weighted by Gasteiger charge is 2.09. The van der Waals surface area contributed by atoms with Crippen LogP contribution in [-0.2, 0) is 0 Å². The summed E-state index contributed by atoms with van der Waals surface area (Å²) in [4.78, 5) is 11.6. The largest absolute Gasteiger partial charge is 0.494 e. The van der Waals surface area contributed by atoms with Crippen molar-refractivity contribution in [2.24, 2.45) is 0 Å². The monoisotopic (exact) mass is 208 g/mol. The number of methoxy groups -OCH3 is 1. The molecule has 3 heteroatoms. The van der Waals surface area contributed by atoms with Crippen LogP contribution in [0.25, 0.3) is 0 Å². The van der Waals surface area contributed by atoms with Crippen LogP contribution in [0.4, 0.5) is 4.39 Å². The first-order valence-corrected chi connectivity index (χ1v) is 4.66. The minimum absolute atomic E-state index is 0.0341. The fraction of sp³-hybridized carbons (Fsp3) is 0.250. The van der Waals surface area contributed by atoms with Crippen molar-refractivity contribution in [1.82, 2.24) is 0 Å². The fourth-order valence-electron chi connectivity index (χ4n) is 1.21. The number of Topliss-reactive ketones (excluding diaryl/α,β-unsaturated/α-hetero) is 1. The summed E-state index contributed by atoms with van der Waals surface area (Å²) in [6.07, 6.45) is 2.69. The van der Waals surface area contributed by atoms with Crippen molar-refractivity contribution >= 4 is 5.78 Å². The average Bonchev–Trinajstić information content (AvgIpc) is 2.26. The molecule has 0 unspecified atom stereocenters. The highest BCUT2D eigenvalue weighted by molar-refractivity contribution is 5.96. The summed E-state index contributed by atoms with van der Waals surface area (Å²) in [7, 11) is 1.37. The summed E-state index contributed by atoms with van der Waals surface area (Å²) < 4.78 is 17.8. The quantitative estimate of drug-likeness (QED) is 0.549. The Balaban J connectivity index is 2.85. The third-order valence-electron chi connectivity index (χ3n) is 2.05. The van der Waals surface area contributed by atoms with Crippen LogP contribution in [0.5, 0.6) is 5.75 Å². The lowest BCUT2D eigenvalue weighted by molar-refractivity contribution is 0.0983. The van der Waals surface area contributed by atoms with Crippen molar-refractivity contribution in [2.45, 2.75) is 12.8 Å². The first-order valence-electron chi connectivity index (χ1n) is 4.66. The van der Waals surface area contributed by atoms with E-state index in [1.54, 1.807) is 6.08 Å². The van der Waals surface area contributed by atoms with Crippen molar-refractivity contribution in [1.29, 1.82) is 0 Å². The molecule has 0 bridgehead atoms. The van der Waals surface area contributed by atoms with E-state index in [1.165, 1.54) is 25.3 Å². The molecule has 0 aliphatic carbocycles. The van der Waals surface area contributed by atoms with Crippen molar-refractivity contribution in [3.63, 3.8) is 0 Å². The summed E-state index contributed by atoms with van der Waals surface area (Å²) in [5.41, 5.74) is 0.468. The van der Waals surface area contributed by atoms with Gasteiger partial charge in [0.1, 0.15) is 0 Å². The number of carbonyl (C=O) groups is 1. The van der Waals surface area contributed by atoms with Gasteiger partial charge >= 0.3 is 0 Å². The second kappa shape index (κ2) is 5.29. The molecule has 1 aromatic carbocycles. The summed E-state index contributed by atoms with van der Waals surface area (Å²) in [6, 6.07) is 4.12. The van der Waals surface area contributed by atoms with Gasteiger partial charge < -0.3 is 4.74 Å². The van der Waals surface area contributed by atoms with Gasteiger partial charge in [-0.3, -0.25) is 4.79 Å². The summed E-state index contributed by atoms with van der Waals surface area (Å²) in [6.45, 7) is 3.54. The summed E-state index contributed by atoms with van der Waals surface area (Å²) in [5, 5.41) is 0. The second-order valence-corrected chi connectivity index (χ2v) is 3.10. The Morgan fingerprint density at radius 2 is 2.33 bits per heavy atom. The number of benzene rings is 1. The van der Waals surface area contributed by atoms with E-state index in [-0.39, 0.29) is 11.5 Å². The zero-order chi connectivity index (χ0) is 11.3. The SMILES string of the molecule is C=CCCC(=O)c1ccc(F)c(OC)c1. The summed E-state index contributed by atoms with van der Waals surface area (Å²) in [5.74, 6) is -0.398. The Morgan fingerprint density at radius 1 is 1.60 bits per heavy atom. The molecule has 0 saturated heterocycles. The van der Waals surface area contributed by atoms with E-state index in [2.05, 4.69) is 6.58 Å². The topological polar surface area (TPSA) is 26.3 Å². The maximum absolute atomic E-state index is 13.0. The standard InChI is InChI=1S/C12H13FO2/c1-3-4-5-11(14)9-6-7-10(13)12(8-9)15-2/h3,6-8H,1,4-5H2,2H3. The molecule has 0 N–H and O–H groups in total. The predicted molar refractivity (Wildman–Crippen MR) is 56.7 cm³/mol. The van der Waals surface area contributed by atoms with Crippen LogP contribution >= 0.6 is 0 Å². The van der Waals surface area contributed by atoms with Crippen LogP contribution in [0.1, 0.15) is 23.2 Å². The third-order valence-corrected chi connectivity index (χ3v) is 2.05. The van der Waals surface area contributed by atoms with E-state index in [0.29, 0.717) is 18.4 Å². The van der Waals surface area contributed by atoms with Gasteiger partial charge in [0.2, 0.25) is 0 Å². The van der Waals surface area contributed by atoms with Crippen molar-refractivity contribution in [2.75, 3.05) is 7.11 Å². The van der Waals surface area contributed by atoms with Gasteiger partial charge in [0.05, 0.1) is 7.11 Å².